The monoisotopic (exact) mass is 502 g/mol. The van der Waals surface area contributed by atoms with Gasteiger partial charge in [0.1, 0.15) is 0 Å². The van der Waals surface area contributed by atoms with Crippen molar-refractivity contribution >= 4 is 23.2 Å². The molecule has 2 aliphatic carbocycles. The van der Waals surface area contributed by atoms with E-state index in [0.717, 1.165) is 44.9 Å². The molecule has 2 nitrogen and oxygen atoms in total. The highest BCUT2D eigenvalue weighted by molar-refractivity contribution is 6.25. The van der Waals surface area contributed by atoms with Crippen molar-refractivity contribution in [2.45, 2.75) is 160 Å². The van der Waals surface area contributed by atoms with Gasteiger partial charge in [0.2, 0.25) is 0 Å². The van der Waals surface area contributed by atoms with Crippen molar-refractivity contribution in [1.29, 1.82) is 0 Å². The highest BCUT2D eigenvalue weighted by Gasteiger charge is 2.57. The second-order valence-electron chi connectivity index (χ2n) is 11.9. The van der Waals surface area contributed by atoms with E-state index >= 15 is 0 Å². The fraction of sp³-hybridized carbons (Fsp3) is 1.00. The van der Waals surface area contributed by atoms with Crippen molar-refractivity contribution in [3.8, 4) is 0 Å². The fourth-order valence-corrected chi connectivity index (χ4v) is 8.51. The Balaban J connectivity index is 2.28. The summed E-state index contributed by atoms with van der Waals surface area (Å²) in [7, 11) is 0. The van der Waals surface area contributed by atoms with Crippen molar-refractivity contribution in [1.82, 2.24) is 0 Å². The van der Waals surface area contributed by atoms with Crippen LogP contribution in [0.4, 0.5) is 0 Å². The van der Waals surface area contributed by atoms with Crippen LogP contribution < -0.4 is 11.5 Å². The van der Waals surface area contributed by atoms with Gasteiger partial charge in [0.05, 0.1) is 10.00 Å². The van der Waals surface area contributed by atoms with E-state index in [4.69, 9.17) is 34.7 Å². The second kappa shape index (κ2) is 13.2. The van der Waals surface area contributed by atoms with Crippen LogP contribution in [0.2, 0.25) is 0 Å². The maximum atomic E-state index is 7.48. The Morgan fingerprint density at radius 1 is 0.606 bits per heavy atom. The lowest BCUT2D eigenvalue weighted by Gasteiger charge is -2.57. The Morgan fingerprint density at radius 2 is 0.909 bits per heavy atom. The summed E-state index contributed by atoms with van der Waals surface area (Å²) in [6.45, 7) is 9.13. The number of rotatable bonds is 14. The molecular formula is C29H56Cl2N2. The molecule has 0 radical (unpaired) electrons. The SMILES string of the molecule is CCCCC1(CCCC)CCCC(CC2CCCC(CCCC)(CCCC)C2(N)Cl)C1(N)Cl. The molecule has 196 valence electrons. The second-order valence-corrected chi connectivity index (χ2v) is 13.2. The van der Waals surface area contributed by atoms with Gasteiger partial charge in [0, 0.05) is 10.8 Å². The molecule has 0 saturated heterocycles. The summed E-state index contributed by atoms with van der Waals surface area (Å²) in [5.41, 5.74) is 14.5. The Kier molecular flexibility index (Phi) is 11.9. The van der Waals surface area contributed by atoms with Crippen molar-refractivity contribution < 1.29 is 0 Å². The maximum Gasteiger partial charge on any atom is 0.0995 e. The molecule has 0 aromatic rings. The molecule has 0 aliphatic heterocycles. The van der Waals surface area contributed by atoms with Crippen LogP contribution in [0.25, 0.3) is 0 Å². The normalized spacial score (nSPS) is 33.8. The molecule has 0 bridgehead atoms. The van der Waals surface area contributed by atoms with Gasteiger partial charge in [0.25, 0.3) is 0 Å². The van der Waals surface area contributed by atoms with Gasteiger partial charge < -0.3 is 11.5 Å². The van der Waals surface area contributed by atoms with Crippen LogP contribution in [-0.4, -0.2) is 10.00 Å². The minimum Gasteiger partial charge on any atom is -0.312 e. The molecule has 2 aliphatic rings. The van der Waals surface area contributed by atoms with Gasteiger partial charge in [0.15, 0.2) is 0 Å². The zero-order chi connectivity index (χ0) is 24.6. The first-order chi connectivity index (χ1) is 15.7. The molecule has 0 spiro atoms. The first-order valence-corrected chi connectivity index (χ1v) is 15.4. The summed E-state index contributed by atoms with van der Waals surface area (Å²) >= 11 is 15.0. The number of alkyl halides is 2. The minimum atomic E-state index is -0.643. The average molecular weight is 504 g/mol. The van der Waals surface area contributed by atoms with E-state index in [1.807, 2.05) is 0 Å². The van der Waals surface area contributed by atoms with Crippen LogP contribution in [0.5, 0.6) is 0 Å². The average Bonchev–Trinajstić information content (AvgIpc) is 2.78. The van der Waals surface area contributed by atoms with Crippen LogP contribution in [-0.2, 0) is 0 Å². The Bertz CT molecular complexity index is 496. The predicted octanol–water partition coefficient (Wildman–Crippen LogP) is 9.50. The Morgan fingerprint density at radius 3 is 1.18 bits per heavy atom. The molecule has 4 unspecified atom stereocenters. The van der Waals surface area contributed by atoms with E-state index in [2.05, 4.69) is 27.7 Å². The summed E-state index contributed by atoms with van der Waals surface area (Å²) < 4.78 is 0. The third-order valence-electron chi connectivity index (χ3n) is 9.83. The summed E-state index contributed by atoms with van der Waals surface area (Å²) in [4.78, 5) is -1.29. The Hall–Kier alpha value is 0.500. The summed E-state index contributed by atoms with van der Waals surface area (Å²) in [6.07, 6.45) is 22.5. The number of hydrogen-bond donors (Lipinski definition) is 2. The summed E-state index contributed by atoms with van der Waals surface area (Å²) in [5.74, 6) is 0.614. The van der Waals surface area contributed by atoms with Crippen molar-refractivity contribution in [2.24, 2.45) is 34.1 Å². The molecule has 4 N–H and O–H groups in total. The van der Waals surface area contributed by atoms with Gasteiger partial charge in [-0.3, -0.25) is 0 Å². The van der Waals surface area contributed by atoms with E-state index in [1.165, 1.54) is 77.0 Å². The molecule has 33 heavy (non-hydrogen) atoms. The van der Waals surface area contributed by atoms with Crippen LogP contribution in [0.15, 0.2) is 0 Å². The quantitative estimate of drug-likeness (QED) is 0.183. The number of nitrogens with two attached hydrogens (primary N) is 2. The zero-order valence-electron chi connectivity index (χ0n) is 22.5. The number of halogens is 2. The third kappa shape index (κ3) is 6.44. The number of unbranched alkanes of at least 4 members (excludes halogenated alkanes) is 4. The maximum absolute atomic E-state index is 7.48. The van der Waals surface area contributed by atoms with Crippen LogP contribution >= 0.6 is 23.2 Å². The lowest BCUT2D eigenvalue weighted by Crippen LogP contribution is -2.62. The first kappa shape index (κ1) is 29.7. The highest BCUT2D eigenvalue weighted by atomic mass is 35.5. The van der Waals surface area contributed by atoms with E-state index in [-0.39, 0.29) is 10.8 Å². The largest absolute Gasteiger partial charge is 0.312 e. The molecule has 0 amide bonds. The standard InChI is InChI=1S/C29H56Cl2N2/c1-5-9-17-26(18-10-6-2)21-13-15-24(28(26,30)32)23-25-16-14-22-27(19-11-7-3,20-12-8-4)29(25,31)33/h24-25H,5-23,32-33H2,1-4H3. The smallest absolute Gasteiger partial charge is 0.0995 e. The summed E-state index contributed by atoms with van der Waals surface area (Å²) in [6, 6.07) is 0. The van der Waals surface area contributed by atoms with Crippen LogP contribution in [0, 0.1) is 22.7 Å². The molecule has 0 heterocycles. The lowest BCUT2D eigenvalue weighted by molar-refractivity contribution is 0.0000785. The van der Waals surface area contributed by atoms with Crippen molar-refractivity contribution in [3.05, 3.63) is 0 Å². The van der Waals surface area contributed by atoms with Gasteiger partial charge >= 0.3 is 0 Å². The lowest BCUT2D eigenvalue weighted by atomic mass is 9.56. The van der Waals surface area contributed by atoms with E-state index < -0.39 is 10.00 Å². The minimum absolute atomic E-state index is 0.0588. The topological polar surface area (TPSA) is 52.0 Å². The fourth-order valence-electron chi connectivity index (χ4n) is 7.54. The van der Waals surface area contributed by atoms with Crippen LogP contribution in [0.3, 0.4) is 0 Å². The molecule has 4 atom stereocenters. The molecule has 2 fully saturated rings. The first-order valence-electron chi connectivity index (χ1n) is 14.6. The van der Waals surface area contributed by atoms with E-state index in [1.54, 1.807) is 0 Å². The van der Waals surface area contributed by atoms with Gasteiger partial charge in [-0.2, -0.15) is 0 Å². The Labute approximate surface area is 216 Å². The molecule has 2 rings (SSSR count). The number of hydrogen-bond acceptors (Lipinski definition) is 2. The van der Waals surface area contributed by atoms with Gasteiger partial charge in [-0.25, -0.2) is 0 Å². The summed E-state index contributed by atoms with van der Waals surface area (Å²) in [5, 5.41) is 0. The van der Waals surface area contributed by atoms with Crippen molar-refractivity contribution in [2.75, 3.05) is 0 Å². The van der Waals surface area contributed by atoms with Crippen molar-refractivity contribution in [3.63, 3.8) is 0 Å². The van der Waals surface area contributed by atoms with Crippen LogP contribution in [0.1, 0.15) is 150 Å². The van der Waals surface area contributed by atoms with Gasteiger partial charge in [-0.05, 0) is 69.6 Å². The van der Waals surface area contributed by atoms with E-state index in [9.17, 15) is 0 Å². The molecule has 0 aromatic heterocycles. The van der Waals surface area contributed by atoms with Gasteiger partial charge in [-0.15, -0.1) is 23.2 Å². The third-order valence-corrected chi connectivity index (χ3v) is 11.3. The highest BCUT2D eigenvalue weighted by Crippen LogP contribution is 2.60. The molecule has 4 heteroatoms. The van der Waals surface area contributed by atoms with E-state index in [0.29, 0.717) is 11.8 Å². The molecular weight excluding hydrogens is 447 g/mol. The zero-order valence-corrected chi connectivity index (χ0v) is 24.0. The van der Waals surface area contributed by atoms with Gasteiger partial charge in [-0.1, -0.05) is 91.9 Å². The molecule has 0 aromatic carbocycles. The molecule has 2 saturated carbocycles. The predicted molar refractivity (Wildman–Crippen MR) is 148 cm³/mol.